The highest BCUT2D eigenvalue weighted by molar-refractivity contribution is 8.00. The van der Waals surface area contributed by atoms with Gasteiger partial charge in [-0.1, -0.05) is 18.2 Å². The average molecular weight is 501 g/mol. The predicted octanol–water partition coefficient (Wildman–Crippen LogP) is 6.67. The molecule has 0 saturated carbocycles. The molecule has 2 aromatic carbocycles. The Labute approximate surface area is 203 Å². The molecule has 0 amide bonds. The number of pyridine rings is 1. The summed E-state index contributed by atoms with van der Waals surface area (Å²) < 4.78 is 64.3. The number of rotatable bonds is 5. The molecule has 0 bridgehead atoms. The van der Waals surface area contributed by atoms with Crippen molar-refractivity contribution in [3.63, 3.8) is 0 Å². The monoisotopic (exact) mass is 500 g/mol. The second-order valence-electron chi connectivity index (χ2n) is 8.08. The van der Waals surface area contributed by atoms with E-state index in [2.05, 4.69) is 14.8 Å². The molecule has 0 radical (unpaired) electrons. The third-order valence-corrected chi connectivity index (χ3v) is 6.67. The van der Waals surface area contributed by atoms with E-state index in [9.17, 15) is 17.6 Å². The Morgan fingerprint density at radius 3 is 2.63 bits per heavy atom. The molecule has 3 heterocycles. The van der Waals surface area contributed by atoms with Gasteiger partial charge in [-0.05, 0) is 66.4 Å². The standard InChI is InChI=1S/C25H20F4N4OS/c1-33-21(9-11-30-33)20-13-15(25(27,28)29)5-7-17(20)18-10-12-34-22-14-16(6-8-19(18)22)35-32-24-4-2-3-23(26)31-24/h2-9,11,13-14,18H,10,12H2,1H3,(H,31,32). The molecule has 2 aromatic heterocycles. The first kappa shape index (κ1) is 23.2. The topological polar surface area (TPSA) is 52.0 Å². The number of hydrogen-bond donors (Lipinski definition) is 1. The lowest BCUT2D eigenvalue weighted by Gasteiger charge is -2.28. The average Bonchev–Trinajstić information content (AvgIpc) is 3.27. The van der Waals surface area contributed by atoms with Crippen LogP contribution in [0.3, 0.4) is 0 Å². The molecule has 5 rings (SSSR count). The van der Waals surface area contributed by atoms with E-state index in [1.54, 1.807) is 42.2 Å². The van der Waals surface area contributed by atoms with E-state index in [0.717, 1.165) is 22.1 Å². The van der Waals surface area contributed by atoms with Crippen molar-refractivity contribution in [2.45, 2.75) is 23.4 Å². The minimum atomic E-state index is -4.45. The van der Waals surface area contributed by atoms with Gasteiger partial charge >= 0.3 is 6.18 Å². The molecule has 0 spiro atoms. The zero-order valence-electron chi connectivity index (χ0n) is 18.5. The van der Waals surface area contributed by atoms with Crippen LogP contribution in [-0.2, 0) is 13.2 Å². The minimum absolute atomic E-state index is 0.150. The van der Waals surface area contributed by atoms with Gasteiger partial charge in [-0.2, -0.15) is 22.7 Å². The van der Waals surface area contributed by atoms with Crippen LogP contribution < -0.4 is 9.46 Å². The van der Waals surface area contributed by atoms with Crippen molar-refractivity contribution in [1.29, 1.82) is 0 Å². The number of nitrogens with one attached hydrogen (secondary N) is 1. The largest absolute Gasteiger partial charge is 0.493 e. The highest BCUT2D eigenvalue weighted by atomic mass is 32.2. The molecular formula is C25H20F4N4OS. The first-order valence-electron chi connectivity index (χ1n) is 10.8. The SMILES string of the molecule is Cn1nccc1-c1cc(C(F)(F)F)ccc1C1CCOc2cc(SNc3cccc(F)n3)ccc21. The molecule has 35 heavy (non-hydrogen) atoms. The maximum atomic E-state index is 13.5. The summed E-state index contributed by atoms with van der Waals surface area (Å²) >= 11 is 1.26. The lowest BCUT2D eigenvalue weighted by atomic mass is 9.83. The lowest BCUT2D eigenvalue weighted by molar-refractivity contribution is -0.137. The number of ether oxygens (including phenoxy) is 1. The third-order valence-electron chi connectivity index (χ3n) is 5.87. The fraction of sp³-hybridized carbons (Fsp3) is 0.200. The summed E-state index contributed by atoms with van der Waals surface area (Å²) in [6.45, 7) is 0.427. The number of alkyl halides is 3. The smallest absolute Gasteiger partial charge is 0.416 e. The zero-order valence-corrected chi connectivity index (χ0v) is 19.3. The van der Waals surface area contributed by atoms with E-state index < -0.39 is 17.7 Å². The molecule has 4 aromatic rings. The molecule has 1 aliphatic rings. The molecule has 0 fully saturated rings. The van der Waals surface area contributed by atoms with Gasteiger partial charge in [0.05, 0.1) is 17.9 Å². The van der Waals surface area contributed by atoms with Crippen LogP contribution in [0.5, 0.6) is 5.75 Å². The van der Waals surface area contributed by atoms with Crippen molar-refractivity contribution in [2.24, 2.45) is 7.05 Å². The summed E-state index contributed by atoms with van der Waals surface area (Å²) in [5.41, 5.74) is 2.09. The van der Waals surface area contributed by atoms with Crippen LogP contribution in [0.1, 0.15) is 29.0 Å². The first-order chi connectivity index (χ1) is 16.8. The molecule has 1 atom stereocenters. The number of aryl methyl sites for hydroxylation is 1. The second kappa shape index (κ2) is 9.26. The molecule has 1 unspecified atom stereocenters. The predicted molar refractivity (Wildman–Crippen MR) is 126 cm³/mol. The maximum absolute atomic E-state index is 13.5. The van der Waals surface area contributed by atoms with Gasteiger partial charge in [0.1, 0.15) is 11.6 Å². The van der Waals surface area contributed by atoms with Gasteiger partial charge in [0.2, 0.25) is 5.95 Å². The maximum Gasteiger partial charge on any atom is 0.416 e. The van der Waals surface area contributed by atoms with Crippen LogP contribution in [0.2, 0.25) is 0 Å². The van der Waals surface area contributed by atoms with E-state index in [-0.39, 0.29) is 5.92 Å². The van der Waals surface area contributed by atoms with E-state index in [0.29, 0.717) is 35.9 Å². The summed E-state index contributed by atoms with van der Waals surface area (Å²) in [6.07, 6.45) is -2.25. The minimum Gasteiger partial charge on any atom is -0.493 e. The fourth-order valence-electron chi connectivity index (χ4n) is 4.23. The summed E-state index contributed by atoms with van der Waals surface area (Å²) in [4.78, 5) is 4.60. The van der Waals surface area contributed by atoms with Crippen molar-refractivity contribution in [2.75, 3.05) is 11.3 Å². The molecule has 180 valence electrons. The third kappa shape index (κ3) is 4.84. The van der Waals surface area contributed by atoms with Gasteiger partial charge in [-0.3, -0.25) is 4.68 Å². The number of benzene rings is 2. The van der Waals surface area contributed by atoms with Crippen LogP contribution in [0.25, 0.3) is 11.3 Å². The Hall–Kier alpha value is -3.53. The number of fused-ring (bicyclic) bond motifs is 1. The summed E-state index contributed by atoms with van der Waals surface area (Å²) in [7, 11) is 1.71. The summed E-state index contributed by atoms with van der Waals surface area (Å²) in [6, 6.07) is 15.8. The van der Waals surface area contributed by atoms with Crippen molar-refractivity contribution >= 4 is 17.8 Å². The van der Waals surface area contributed by atoms with Crippen molar-refractivity contribution < 1.29 is 22.3 Å². The van der Waals surface area contributed by atoms with Crippen molar-refractivity contribution in [3.8, 4) is 17.0 Å². The van der Waals surface area contributed by atoms with Crippen LogP contribution in [0, 0.1) is 5.95 Å². The Bertz CT molecular complexity index is 1370. The van der Waals surface area contributed by atoms with Crippen LogP contribution in [0.15, 0.2) is 71.8 Å². The Morgan fingerprint density at radius 2 is 1.89 bits per heavy atom. The lowest BCUT2D eigenvalue weighted by Crippen LogP contribution is -2.17. The number of nitrogens with zero attached hydrogens (tertiary/aromatic N) is 3. The fourth-order valence-corrected chi connectivity index (χ4v) is 4.87. The Morgan fingerprint density at radius 1 is 1.06 bits per heavy atom. The van der Waals surface area contributed by atoms with E-state index >= 15 is 0 Å². The van der Waals surface area contributed by atoms with Crippen molar-refractivity contribution in [3.05, 3.63) is 89.5 Å². The number of aromatic nitrogens is 3. The summed E-state index contributed by atoms with van der Waals surface area (Å²) in [5.74, 6) is 0.323. The second-order valence-corrected chi connectivity index (χ2v) is 8.96. The Kier molecular flexibility index (Phi) is 6.14. The van der Waals surface area contributed by atoms with Gasteiger partial charge in [-0.25, -0.2) is 4.98 Å². The van der Waals surface area contributed by atoms with Crippen LogP contribution in [0.4, 0.5) is 23.4 Å². The van der Waals surface area contributed by atoms with Crippen molar-refractivity contribution in [1.82, 2.24) is 14.8 Å². The van der Waals surface area contributed by atoms with Gasteiger partial charge in [-0.15, -0.1) is 0 Å². The molecule has 0 saturated heterocycles. The van der Waals surface area contributed by atoms with E-state index in [4.69, 9.17) is 4.74 Å². The number of halogens is 4. The first-order valence-corrected chi connectivity index (χ1v) is 11.6. The number of anilines is 1. The molecule has 5 nitrogen and oxygen atoms in total. The molecule has 1 N–H and O–H groups in total. The van der Waals surface area contributed by atoms with Gasteiger partial charge < -0.3 is 9.46 Å². The molecule has 0 aliphatic carbocycles. The normalized spacial score (nSPS) is 15.4. The van der Waals surface area contributed by atoms with Crippen LogP contribution in [-0.4, -0.2) is 21.4 Å². The summed E-state index contributed by atoms with van der Waals surface area (Å²) in [5, 5.41) is 4.15. The molecular weight excluding hydrogens is 480 g/mol. The molecule has 10 heteroatoms. The van der Waals surface area contributed by atoms with Crippen LogP contribution >= 0.6 is 11.9 Å². The van der Waals surface area contributed by atoms with E-state index in [1.165, 1.54) is 24.1 Å². The quantitative estimate of drug-likeness (QED) is 0.188. The van der Waals surface area contributed by atoms with Gasteiger partial charge in [0, 0.05) is 35.2 Å². The molecule has 1 aliphatic heterocycles. The zero-order chi connectivity index (χ0) is 24.6. The van der Waals surface area contributed by atoms with E-state index in [1.807, 2.05) is 18.2 Å². The van der Waals surface area contributed by atoms with Gasteiger partial charge in [0.25, 0.3) is 0 Å². The highest BCUT2D eigenvalue weighted by Crippen LogP contribution is 2.44. The Balaban J connectivity index is 1.49. The van der Waals surface area contributed by atoms with Gasteiger partial charge in [0.15, 0.2) is 0 Å². The number of hydrogen-bond acceptors (Lipinski definition) is 5. The highest BCUT2D eigenvalue weighted by Gasteiger charge is 2.33.